The van der Waals surface area contributed by atoms with Gasteiger partial charge in [-0.05, 0) is 30.5 Å². The zero-order valence-electron chi connectivity index (χ0n) is 10.6. The van der Waals surface area contributed by atoms with Gasteiger partial charge < -0.3 is 14.8 Å². The molecule has 1 rings (SSSR count). The lowest BCUT2D eigenvalue weighted by atomic mass is 10.2. The smallest absolute Gasteiger partial charge is 0.220 e. The molecule has 0 heterocycles. The van der Waals surface area contributed by atoms with Crippen LogP contribution < -0.4 is 10.1 Å². The molecular formula is C14H19NO3. The van der Waals surface area contributed by atoms with E-state index in [9.17, 15) is 9.59 Å². The maximum Gasteiger partial charge on any atom is 0.220 e. The molecule has 18 heavy (non-hydrogen) atoms. The van der Waals surface area contributed by atoms with Gasteiger partial charge in [-0.3, -0.25) is 4.79 Å². The number of rotatable bonds is 8. The highest BCUT2D eigenvalue weighted by Crippen LogP contribution is 2.12. The first kappa shape index (κ1) is 14.2. The predicted octanol–water partition coefficient (Wildman–Crippen LogP) is 1.72. The molecule has 0 aromatic heterocycles. The van der Waals surface area contributed by atoms with Gasteiger partial charge in [0.05, 0.1) is 13.2 Å². The third-order valence-electron chi connectivity index (χ3n) is 2.53. The molecule has 0 bridgehead atoms. The second-order valence-corrected chi connectivity index (χ2v) is 3.92. The van der Waals surface area contributed by atoms with E-state index in [1.54, 1.807) is 0 Å². The Bertz CT molecular complexity index is 373. The third-order valence-corrected chi connectivity index (χ3v) is 2.53. The van der Waals surface area contributed by atoms with Gasteiger partial charge in [0.1, 0.15) is 12.0 Å². The molecule has 0 aliphatic rings. The minimum atomic E-state index is -0.118. The van der Waals surface area contributed by atoms with Gasteiger partial charge in [-0.25, -0.2) is 0 Å². The molecule has 4 heteroatoms. The van der Waals surface area contributed by atoms with Crippen molar-refractivity contribution in [3.63, 3.8) is 0 Å². The summed E-state index contributed by atoms with van der Waals surface area (Å²) in [6.07, 6.45) is 2.70. The summed E-state index contributed by atoms with van der Waals surface area (Å²) in [5.41, 5.74) is 1.27. The van der Waals surface area contributed by atoms with Gasteiger partial charge in [-0.2, -0.15) is 0 Å². The van der Waals surface area contributed by atoms with E-state index < -0.39 is 0 Å². The van der Waals surface area contributed by atoms with Crippen LogP contribution in [0.3, 0.4) is 0 Å². The number of aryl methyl sites for hydroxylation is 1. The summed E-state index contributed by atoms with van der Waals surface area (Å²) in [7, 11) is 0. The van der Waals surface area contributed by atoms with Gasteiger partial charge in [0.2, 0.25) is 5.91 Å². The molecule has 0 spiro atoms. The van der Waals surface area contributed by atoms with Crippen LogP contribution in [0.4, 0.5) is 0 Å². The molecule has 4 nitrogen and oxygen atoms in total. The Morgan fingerprint density at radius 1 is 1.33 bits per heavy atom. The largest absolute Gasteiger partial charge is 0.494 e. The van der Waals surface area contributed by atoms with E-state index in [1.807, 2.05) is 24.3 Å². The van der Waals surface area contributed by atoms with Crippen LogP contribution in [0.15, 0.2) is 24.3 Å². The molecule has 1 aromatic rings. The molecule has 0 unspecified atom stereocenters. The quantitative estimate of drug-likeness (QED) is 0.564. The Balaban J connectivity index is 2.17. The lowest BCUT2D eigenvalue weighted by Crippen LogP contribution is -2.25. The van der Waals surface area contributed by atoms with Crippen LogP contribution in [0.25, 0.3) is 0 Å². The molecule has 0 aliphatic carbocycles. The third kappa shape index (κ3) is 5.48. The zero-order chi connectivity index (χ0) is 13.2. The summed E-state index contributed by atoms with van der Waals surface area (Å²) in [5.74, 6) is 0.701. The van der Waals surface area contributed by atoms with Crippen LogP contribution in [0.5, 0.6) is 5.75 Å². The van der Waals surface area contributed by atoms with E-state index in [0.717, 1.165) is 12.2 Å². The van der Waals surface area contributed by atoms with Crippen molar-refractivity contribution in [2.24, 2.45) is 0 Å². The number of aldehydes is 1. The monoisotopic (exact) mass is 249 g/mol. The zero-order valence-corrected chi connectivity index (χ0v) is 10.6. The van der Waals surface area contributed by atoms with Crippen LogP contribution in [0.2, 0.25) is 0 Å². The van der Waals surface area contributed by atoms with Gasteiger partial charge in [-0.15, -0.1) is 0 Å². The van der Waals surface area contributed by atoms with Crippen molar-refractivity contribution in [1.82, 2.24) is 5.32 Å². The lowest BCUT2D eigenvalue weighted by Gasteiger charge is -2.06. The van der Waals surface area contributed by atoms with Gasteiger partial charge in [0.15, 0.2) is 0 Å². The highest BCUT2D eigenvalue weighted by molar-refractivity contribution is 5.78. The number of amides is 1. The number of benzene rings is 1. The van der Waals surface area contributed by atoms with E-state index in [-0.39, 0.29) is 12.5 Å². The molecule has 1 aromatic carbocycles. The second-order valence-electron chi connectivity index (χ2n) is 3.92. The van der Waals surface area contributed by atoms with Gasteiger partial charge >= 0.3 is 0 Å². The van der Waals surface area contributed by atoms with E-state index in [1.165, 1.54) is 5.56 Å². The number of carbonyl (C=O) groups excluding carboxylic acids is 2. The standard InChI is InChI=1S/C14H19NO3/c1-2-12-5-7-13(8-6-12)18-11-3-4-14(17)15-9-10-16/h5-8,10H,2-4,9,11H2,1H3,(H,15,17). The van der Waals surface area contributed by atoms with Crippen molar-refractivity contribution < 1.29 is 14.3 Å². The molecule has 0 radical (unpaired) electrons. The molecule has 0 saturated heterocycles. The number of hydrogen-bond acceptors (Lipinski definition) is 3. The maximum absolute atomic E-state index is 11.2. The summed E-state index contributed by atoms with van der Waals surface area (Å²) in [5, 5.41) is 2.48. The van der Waals surface area contributed by atoms with Gasteiger partial charge in [0, 0.05) is 6.42 Å². The summed E-state index contributed by atoms with van der Waals surface area (Å²) in [6.45, 7) is 2.69. The SMILES string of the molecule is CCc1ccc(OCCCC(=O)NCC=O)cc1. The topological polar surface area (TPSA) is 55.4 Å². The lowest BCUT2D eigenvalue weighted by molar-refractivity contribution is -0.122. The molecule has 1 N–H and O–H groups in total. The first-order valence-electron chi connectivity index (χ1n) is 6.18. The van der Waals surface area contributed by atoms with Crippen LogP contribution in [-0.2, 0) is 16.0 Å². The highest BCUT2D eigenvalue weighted by atomic mass is 16.5. The Kier molecular flexibility index (Phi) is 6.54. The Morgan fingerprint density at radius 2 is 2.06 bits per heavy atom. The van der Waals surface area contributed by atoms with Gasteiger partial charge in [0.25, 0.3) is 0 Å². The van der Waals surface area contributed by atoms with Crippen molar-refractivity contribution in [3.8, 4) is 5.75 Å². The van der Waals surface area contributed by atoms with E-state index in [2.05, 4.69) is 12.2 Å². The van der Waals surface area contributed by atoms with Crippen molar-refractivity contribution in [1.29, 1.82) is 0 Å². The van der Waals surface area contributed by atoms with Crippen LogP contribution >= 0.6 is 0 Å². The molecule has 1 amide bonds. The molecule has 0 atom stereocenters. The van der Waals surface area contributed by atoms with E-state index in [4.69, 9.17) is 4.74 Å². The molecule has 0 fully saturated rings. The number of ether oxygens (including phenoxy) is 1. The molecule has 98 valence electrons. The average Bonchev–Trinajstić information content (AvgIpc) is 2.42. The minimum Gasteiger partial charge on any atom is -0.494 e. The van der Waals surface area contributed by atoms with Crippen LogP contribution in [0, 0.1) is 0 Å². The molecule has 0 saturated carbocycles. The number of carbonyl (C=O) groups is 2. The Labute approximate surface area is 107 Å². The van der Waals surface area contributed by atoms with Crippen molar-refractivity contribution >= 4 is 12.2 Å². The fourth-order valence-corrected chi connectivity index (χ4v) is 1.49. The average molecular weight is 249 g/mol. The highest BCUT2D eigenvalue weighted by Gasteiger charge is 2.00. The Hall–Kier alpha value is -1.84. The number of hydrogen-bond donors (Lipinski definition) is 1. The Morgan fingerprint density at radius 3 is 2.67 bits per heavy atom. The molecule has 0 aliphatic heterocycles. The summed E-state index contributed by atoms with van der Waals surface area (Å²) in [6, 6.07) is 7.94. The second kappa shape index (κ2) is 8.28. The first-order chi connectivity index (χ1) is 8.76. The number of nitrogens with one attached hydrogen (secondary N) is 1. The van der Waals surface area contributed by atoms with Crippen molar-refractivity contribution in [2.45, 2.75) is 26.2 Å². The normalized spacial score (nSPS) is 9.83. The van der Waals surface area contributed by atoms with E-state index >= 15 is 0 Å². The minimum absolute atomic E-state index is 0.0815. The first-order valence-corrected chi connectivity index (χ1v) is 6.18. The maximum atomic E-state index is 11.2. The van der Waals surface area contributed by atoms with Crippen molar-refractivity contribution in [2.75, 3.05) is 13.2 Å². The van der Waals surface area contributed by atoms with Crippen LogP contribution in [0.1, 0.15) is 25.3 Å². The summed E-state index contributed by atoms with van der Waals surface area (Å²) in [4.78, 5) is 21.2. The summed E-state index contributed by atoms with van der Waals surface area (Å²) >= 11 is 0. The van der Waals surface area contributed by atoms with Crippen molar-refractivity contribution in [3.05, 3.63) is 29.8 Å². The fraction of sp³-hybridized carbons (Fsp3) is 0.429. The van der Waals surface area contributed by atoms with E-state index in [0.29, 0.717) is 25.7 Å². The predicted molar refractivity (Wildman–Crippen MR) is 69.6 cm³/mol. The molecular weight excluding hydrogens is 230 g/mol. The van der Waals surface area contributed by atoms with Crippen LogP contribution in [-0.4, -0.2) is 25.3 Å². The van der Waals surface area contributed by atoms with Gasteiger partial charge in [-0.1, -0.05) is 19.1 Å². The fourth-order valence-electron chi connectivity index (χ4n) is 1.49. The summed E-state index contributed by atoms with van der Waals surface area (Å²) < 4.78 is 5.51.